The molecule has 2 unspecified atom stereocenters. The number of thiophene rings is 1. The molecular weight excluding hydrogens is 456 g/mol. The van der Waals surface area contributed by atoms with E-state index < -0.39 is 12.3 Å². The normalized spacial score (nSPS) is 20.4. The van der Waals surface area contributed by atoms with Crippen molar-refractivity contribution >= 4 is 29.1 Å². The number of nitrogens with one attached hydrogen (secondary N) is 2. The van der Waals surface area contributed by atoms with Gasteiger partial charge in [-0.05, 0) is 49.2 Å². The van der Waals surface area contributed by atoms with E-state index >= 15 is 0 Å². The maximum absolute atomic E-state index is 12.5. The fourth-order valence-electron chi connectivity index (χ4n) is 4.19. The Kier molecular flexibility index (Phi) is 7.62. The molecule has 3 amide bonds. The van der Waals surface area contributed by atoms with E-state index in [9.17, 15) is 19.5 Å². The number of rotatable bonds is 9. The van der Waals surface area contributed by atoms with Gasteiger partial charge in [0.15, 0.2) is 0 Å². The molecule has 0 saturated carbocycles. The van der Waals surface area contributed by atoms with Crippen molar-refractivity contribution in [3.63, 3.8) is 0 Å². The summed E-state index contributed by atoms with van der Waals surface area (Å²) >= 11 is 1.49. The van der Waals surface area contributed by atoms with E-state index in [-0.39, 0.29) is 30.6 Å². The number of aliphatic hydroxyl groups is 1. The zero-order valence-electron chi connectivity index (χ0n) is 19.4. The molecule has 0 radical (unpaired) electrons. The van der Waals surface area contributed by atoms with Crippen LogP contribution in [0, 0.1) is 0 Å². The predicted molar refractivity (Wildman–Crippen MR) is 127 cm³/mol. The number of fused-ring (bicyclic) bond motifs is 1. The Hall–Kier alpha value is -2.79. The second kappa shape index (κ2) is 10.6. The number of benzene rings is 1. The summed E-state index contributed by atoms with van der Waals surface area (Å²) in [5.74, 6) is 0.0374. The van der Waals surface area contributed by atoms with Crippen molar-refractivity contribution < 1.29 is 24.2 Å². The summed E-state index contributed by atoms with van der Waals surface area (Å²) in [5.41, 5.74) is 2.61. The van der Waals surface area contributed by atoms with Gasteiger partial charge in [-0.3, -0.25) is 24.6 Å². The van der Waals surface area contributed by atoms with Gasteiger partial charge in [-0.25, -0.2) is 0 Å². The van der Waals surface area contributed by atoms with E-state index in [0.717, 1.165) is 33.9 Å². The van der Waals surface area contributed by atoms with E-state index in [2.05, 4.69) is 15.5 Å². The minimum Gasteiger partial charge on any atom is -0.492 e. The summed E-state index contributed by atoms with van der Waals surface area (Å²) in [6.07, 6.45) is 0.0222. The number of likely N-dealkylation sites (N-methyl/N-ethyl adjacent to an activating group) is 1. The molecule has 3 heterocycles. The molecule has 0 bridgehead atoms. The van der Waals surface area contributed by atoms with Gasteiger partial charge in [-0.1, -0.05) is 12.1 Å². The lowest BCUT2D eigenvalue weighted by Gasteiger charge is -2.31. The molecule has 10 heteroatoms. The maximum Gasteiger partial charge on any atom is 0.244 e. The monoisotopic (exact) mass is 486 g/mol. The maximum atomic E-state index is 12.5. The number of ether oxygens (including phenoxy) is 1. The van der Waals surface area contributed by atoms with Crippen LogP contribution in [0.4, 0.5) is 0 Å². The van der Waals surface area contributed by atoms with Gasteiger partial charge in [0, 0.05) is 30.0 Å². The van der Waals surface area contributed by atoms with Gasteiger partial charge < -0.3 is 20.1 Å². The topological polar surface area (TPSA) is 111 Å². The van der Waals surface area contributed by atoms with E-state index in [4.69, 9.17) is 4.74 Å². The molecule has 9 nitrogen and oxygen atoms in total. The van der Waals surface area contributed by atoms with E-state index in [1.54, 1.807) is 4.90 Å². The molecular formula is C24H30N4O5S. The number of carbonyl (C=O) groups is 3. The number of piperidine rings is 1. The highest BCUT2D eigenvalue weighted by Gasteiger charge is 2.41. The molecule has 4 rings (SSSR count). The second-order valence-electron chi connectivity index (χ2n) is 8.85. The Labute approximate surface area is 202 Å². The second-order valence-corrected chi connectivity index (χ2v) is 9.82. The largest absolute Gasteiger partial charge is 0.492 e. The van der Waals surface area contributed by atoms with Crippen LogP contribution in [0.2, 0.25) is 0 Å². The molecule has 2 aliphatic rings. The van der Waals surface area contributed by atoms with E-state index in [1.165, 1.54) is 11.3 Å². The number of imide groups is 1. The van der Waals surface area contributed by atoms with Crippen molar-refractivity contribution in [1.29, 1.82) is 0 Å². The first kappa shape index (κ1) is 24.3. The van der Waals surface area contributed by atoms with Crippen LogP contribution in [0.15, 0.2) is 29.6 Å². The van der Waals surface area contributed by atoms with Gasteiger partial charge in [-0.15, -0.1) is 11.3 Å². The summed E-state index contributed by atoms with van der Waals surface area (Å²) in [7, 11) is 3.98. The fourth-order valence-corrected chi connectivity index (χ4v) is 5.20. The first-order valence-electron chi connectivity index (χ1n) is 11.3. The molecule has 2 aromatic rings. The number of hydrogen-bond acceptors (Lipinski definition) is 8. The van der Waals surface area contributed by atoms with Crippen molar-refractivity contribution in [1.82, 2.24) is 20.4 Å². The average Bonchev–Trinajstić information content (AvgIpc) is 3.33. The lowest BCUT2D eigenvalue weighted by Crippen LogP contribution is -2.51. The quantitative estimate of drug-likeness (QED) is 0.456. The molecule has 3 N–H and O–H groups in total. The molecule has 34 heavy (non-hydrogen) atoms. The van der Waals surface area contributed by atoms with Gasteiger partial charge in [0.2, 0.25) is 17.7 Å². The molecule has 1 saturated heterocycles. The van der Waals surface area contributed by atoms with Crippen molar-refractivity contribution in [3.05, 3.63) is 51.2 Å². The minimum atomic E-state index is -0.891. The van der Waals surface area contributed by atoms with E-state index in [1.807, 2.05) is 43.7 Å². The Bertz CT molecular complexity index is 1050. The first-order chi connectivity index (χ1) is 16.3. The molecule has 1 fully saturated rings. The Morgan fingerprint density at radius 2 is 2.06 bits per heavy atom. The summed E-state index contributed by atoms with van der Waals surface area (Å²) in [6.45, 7) is 2.21. The van der Waals surface area contributed by atoms with Crippen molar-refractivity contribution in [2.45, 2.75) is 44.6 Å². The molecule has 182 valence electrons. The van der Waals surface area contributed by atoms with Crippen LogP contribution < -0.4 is 15.4 Å². The molecule has 2 aliphatic heterocycles. The van der Waals surface area contributed by atoms with Crippen molar-refractivity contribution in [2.24, 2.45) is 0 Å². The number of nitrogens with zero attached hydrogens (tertiary/aromatic N) is 2. The zero-order chi connectivity index (χ0) is 24.2. The molecule has 1 aromatic carbocycles. The predicted octanol–water partition coefficient (Wildman–Crippen LogP) is 1.16. The lowest BCUT2D eigenvalue weighted by molar-refractivity contribution is -0.141. The number of aliphatic hydroxyl groups excluding tert-OH is 1. The van der Waals surface area contributed by atoms with Crippen LogP contribution in [0.3, 0.4) is 0 Å². The van der Waals surface area contributed by atoms with Crippen LogP contribution in [-0.4, -0.2) is 65.9 Å². The molecule has 0 aliphatic carbocycles. The van der Waals surface area contributed by atoms with Gasteiger partial charge in [-0.2, -0.15) is 0 Å². The highest BCUT2D eigenvalue weighted by Crippen LogP contribution is 2.40. The third-order valence-electron chi connectivity index (χ3n) is 6.10. The highest BCUT2D eigenvalue weighted by atomic mass is 32.1. The summed E-state index contributed by atoms with van der Waals surface area (Å²) in [4.78, 5) is 40.9. The summed E-state index contributed by atoms with van der Waals surface area (Å²) < 4.78 is 5.68. The Balaban J connectivity index is 1.29. The van der Waals surface area contributed by atoms with Crippen molar-refractivity contribution in [3.8, 4) is 5.75 Å². The van der Waals surface area contributed by atoms with E-state index in [0.29, 0.717) is 26.1 Å². The molecule has 2 atom stereocenters. The summed E-state index contributed by atoms with van der Waals surface area (Å²) in [6, 6.07) is 6.98. The Morgan fingerprint density at radius 3 is 2.76 bits per heavy atom. The van der Waals surface area contributed by atoms with Crippen LogP contribution in [0.5, 0.6) is 5.75 Å². The van der Waals surface area contributed by atoms with Crippen LogP contribution in [-0.2, 0) is 33.9 Å². The van der Waals surface area contributed by atoms with Crippen LogP contribution >= 0.6 is 11.3 Å². The molecule has 0 spiro atoms. The third kappa shape index (κ3) is 5.64. The number of amides is 3. The lowest BCUT2D eigenvalue weighted by atomic mass is 10.0. The third-order valence-corrected chi connectivity index (χ3v) is 7.15. The van der Waals surface area contributed by atoms with Gasteiger partial charge in [0.05, 0.1) is 19.0 Å². The minimum absolute atomic E-state index is 0.0935. The summed E-state index contributed by atoms with van der Waals surface area (Å²) in [5, 5.41) is 17.9. The SMILES string of the molecule is CN(C)CCOc1ccc(CC(=O)NCc2scc3c2CN(C2CCC(=O)NC2=O)C3O)cc1. The average molecular weight is 487 g/mol. The smallest absolute Gasteiger partial charge is 0.244 e. The zero-order valence-corrected chi connectivity index (χ0v) is 20.2. The van der Waals surface area contributed by atoms with Gasteiger partial charge in [0.25, 0.3) is 0 Å². The van der Waals surface area contributed by atoms with Gasteiger partial charge >= 0.3 is 0 Å². The van der Waals surface area contributed by atoms with Gasteiger partial charge in [0.1, 0.15) is 18.6 Å². The highest BCUT2D eigenvalue weighted by molar-refractivity contribution is 7.10. The van der Waals surface area contributed by atoms with Crippen LogP contribution in [0.25, 0.3) is 0 Å². The first-order valence-corrected chi connectivity index (χ1v) is 12.2. The fraction of sp³-hybridized carbons (Fsp3) is 0.458. The Morgan fingerprint density at radius 1 is 1.29 bits per heavy atom. The standard InChI is InChI=1S/C24H30N4O5S/c1-27(2)9-10-33-16-5-3-15(4-6-16)11-22(30)25-12-20-17-13-28(24(32)18(17)14-34-20)19-7-8-21(29)26-23(19)31/h3-6,14,19,24,32H,7-13H2,1-2H3,(H,25,30)(H,26,29,31). The van der Waals surface area contributed by atoms with Crippen LogP contribution in [0.1, 0.15) is 40.6 Å². The molecule has 1 aromatic heterocycles. The number of carbonyl (C=O) groups excluding carboxylic acids is 3. The number of hydrogen-bond donors (Lipinski definition) is 3. The van der Waals surface area contributed by atoms with Crippen molar-refractivity contribution in [2.75, 3.05) is 27.2 Å².